The molecule has 1 aliphatic carbocycles. The van der Waals surface area contributed by atoms with E-state index in [1.807, 2.05) is 49.4 Å². The van der Waals surface area contributed by atoms with E-state index in [-0.39, 0.29) is 24.2 Å². The van der Waals surface area contributed by atoms with Crippen LogP contribution in [0.25, 0.3) is 10.8 Å². The maximum atomic E-state index is 13.0. The maximum Gasteiger partial charge on any atom is 0.339 e. The normalized spacial score (nSPS) is 20.0. The van der Waals surface area contributed by atoms with Crippen LogP contribution in [0.15, 0.2) is 54.6 Å². The number of ether oxygens (including phenoxy) is 3. The number of carbonyl (C=O) groups excluding carboxylic acids is 1. The van der Waals surface area contributed by atoms with E-state index in [4.69, 9.17) is 14.2 Å². The van der Waals surface area contributed by atoms with Gasteiger partial charge in [0, 0.05) is 0 Å². The van der Waals surface area contributed by atoms with Crippen LogP contribution in [0.4, 0.5) is 0 Å². The number of carbonyl (C=O) groups is 2. The summed E-state index contributed by atoms with van der Waals surface area (Å²) in [5, 5.41) is 11.7. The van der Waals surface area contributed by atoms with Gasteiger partial charge in [0.05, 0.1) is 18.6 Å². The summed E-state index contributed by atoms with van der Waals surface area (Å²) in [6, 6.07) is 17.4. The molecule has 0 aliphatic heterocycles. The fourth-order valence-corrected chi connectivity index (χ4v) is 4.72. The zero-order valence-corrected chi connectivity index (χ0v) is 19.8. The molecule has 1 aliphatic rings. The highest BCUT2D eigenvalue weighted by atomic mass is 16.5. The molecular weight excluding hydrogens is 432 g/mol. The van der Waals surface area contributed by atoms with Gasteiger partial charge in [0.1, 0.15) is 23.7 Å². The molecule has 6 nitrogen and oxygen atoms in total. The zero-order valence-electron chi connectivity index (χ0n) is 19.8. The average molecular weight is 463 g/mol. The van der Waals surface area contributed by atoms with Crippen LogP contribution in [0.5, 0.6) is 11.5 Å². The number of methoxy groups -OCH3 is 1. The van der Waals surface area contributed by atoms with Crippen molar-refractivity contribution in [3.63, 3.8) is 0 Å². The number of carboxylic acid groups (broad SMARTS) is 1. The van der Waals surface area contributed by atoms with Gasteiger partial charge in [0.25, 0.3) is 0 Å². The first-order chi connectivity index (χ1) is 16.3. The second-order valence-corrected chi connectivity index (χ2v) is 9.22. The summed E-state index contributed by atoms with van der Waals surface area (Å²) in [5.41, 5.74) is 1.22. The summed E-state index contributed by atoms with van der Waals surface area (Å²) in [5.74, 6) is -0.407. The Labute approximate surface area is 199 Å². The fraction of sp³-hybridized carbons (Fsp3) is 0.357. The van der Waals surface area contributed by atoms with Crippen LogP contribution in [-0.4, -0.2) is 30.3 Å². The van der Waals surface area contributed by atoms with Crippen LogP contribution in [0.2, 0.25) is 0 Å². The number of benzene rings is 3. The van der Waals surface area contributed by atoms with Gasteiger partial charge in [0.2, 0.25) is 0 Å². The quantitative estimate of drug-likeness (QED) is 0.439. The number of carboxylic acids is 1. The van der Waals surface area contributed by atoms with E-state index in [9.17, 15) is 14.7 Å². The number of aromatic carboxylic acids is 1. The third-order valence-corrected chi connectivity index (χ3v) is 6.75. The Morgan fingerprint density at radius 3 is 2.47 bits per heavy atom. The lowest BCUT2D eigenvalue weighted by atomic mass is 9.74. The van der Waals surface area contributed by atoms with Crippen LogP contribution in [-0.2, 0) is 16.1 Å². The van der Waals surface area contributed by atoms with E-state index in [2.05, 4.69) is 0 Å². The van der Waals surface area contributed by atoms with Crippen LogP contribution >= 0.6 is 0 Å². The zero-order chi connectivity index (χ0) is 24.3. The summed E-state index contributed by atoms with van der Waals surface area (Å²) in [6.45, 7) is 4.00. The molecule has 3 aromatic carbocycles. The molecule has 0 saturated heterocycles. The molecule has 3 aromatic rings. The molecule has 0 radical (unpaired) electrons. The van der Waals surface area contributed by atoms with Crippen molar-refractivity contribution < 1.29 is 28.9 Å². The first kappa shape index (κ1) is 23.6. The number of aryl methyl sites for hydroxylation is 1. The van der Waals surface area contributed by atoms with Crippen molar-refractivity contribution in [2.24, 2.45) is 5.41 Å². The Morgan fingerprint density at radius 1 is 1.06 bits per heavy atom. The Kier molecular flexibility index (Phi) is 6.77. The SMILES string of the molecule is COc1c(C)cc(O[C@H]2CC[C@@](C)(C(=O)OCc3cccc4ccccc34)CC2)cc1C(=O)O. The molecule has 0 bridgehead atoms. The number of esters is 1. The van der Waals surface area contributed by atoms with Gasteiger partial charge in [-0.3, -0.25) is 4.79 Å². The van der Waals surface area contributed by atoms with E-state index in [0.717, 1.165) is 16.3 Å². The smallest absolute Gasteiger partial charge is 0.339 e. The molecule has 1 saturated carbocycles. The van der Waals surface area contributed by atoms with Crippen molar-refractivity contribution in [1.82, 2.24) is 0 Å². The first-order valence-corrected chi connectivity index (χ1v) is 11.5. The molecule has 0 heterocycles. The summed E-state index contributed by atoms with van der Waals surface area (Å²) < 4.78 is 17.1. The van der Waals surface area contributed by atoms with Gasteiger partial charge in [-0.2, -0.15) is 0 Å². The largest absolute Gasteiger partial charge is 0.496 e. The van der Waals surface area contributed by atoms with Gasteiger partial charge in [-0.25, -0.2) is 4.79 Å². The van der Waals surface area contributed by atoms with Crippen molar-refractivity contribution in [1.29, 1.82) is 0 Å². The third kappa shape index (κ3) is 4.86. The van der Waals surface area contributed by atoms with Gasteiger partial charge in [-0.05, 0) is 73.6 Å². The number of hydrogen-bond acceptors (Lipinski definition) is 5. The number of fused-ring (bicyclic) bond motifs is 1. The van der Waals surface area contributed by atoms with Gasteiger partial charge in [-0.15, -0.1) is 0 Å². The van der Waals surface area contributed by atoms with Crippen LogP contribution in [0.1, 0.15) is 54.1 Å². The van der Waals surface area contributed by atoms with Crippen molar-refractivity contribution in [2.75, 3.05) is 7.11 Å². The Morgan fingerprint density at radius 2 is 1.76 bits per heavy atom. The van der Waals surface area contributed by atoms with Gasteiger partial charge >= 0.3 is 11.9 Å². The summed E-state index contributed by atoms with van der Waals surface area (Å²) in [7, 11) is 1.45. The predicted octanol–water partition coefficient (Wildman–Crippen LogP) is 5.93. The van der Waals surface area contributed by atoms with Crippen LogP contribution < -0.4 is 9.47 Å². The van der Waals surface area contributed by atoms with Crippen LogP contribution in [0.3, 0.4) is 0 Å². The highest BCUT2D eigenvalue weighted by molar-refractivity contribution is 5.92. The molecular formula is C28H30O6. The fourth-order valence-electron chi connectivity index (χ4n) is 4.72. The topological polar surface area (TPSA) is 82.1 Å². The summed E-state index contributed by atoms with van der Waals surface area (Å²) in [6.07, 6.45) is 2.58. The molecule has 34 heavy (non-hydrogen) atoms. The molecule has 0 aromatic heterocycles. The molecule has 0 atom stereocenters. The predicted molar refractivity (Wildman–Crippen MR) is 129 cm³/mol. The Hall–Kier alpha value is -3.54. The van der Waals surface area contributed by atoms with E-state index in [1.165, 1.54) is 13.2 Å². The maximum absolute atomic E-state index is 13.0. The van der Waals surface area contributed by atoms with Gasteiger partial charge < -0.3 is 19.3 Å². The van der Waals surface area contributed by atoms with E-state index < -0.39 is 11.4 Å². The molecule has 4 rings (SSSR count). The molecule has 0 amide bonds. The minimum Gasteiger partial charge on any atom is -0.496 e. The highest BCUT2D eigenvalue weighted by Crippen LogP contribution is 2.39. The van der Waals surface area contributed by atoms with Crippen molar-refractivity contribution in [3.05, 3.63) is 71.3 Å². The van der Waals surface area contributed by atoms with Crippen molar-refractivity contribution >= 4 is 22.7 Å². The van der Waals surface area contributed by atoms with Gasteiger partial charge in [-0.1, -0.05) is 42.5 Å². The molecule has 1 N–H and O–H groups in total. The number of hydrogen-bond donors (Lipinski definition) is 1. The van der Waals surface area contributed by atoms with Crippen LogP contribution in [0, 0.1) is 12.3 Å². The Bertz CT molecular complexity index is 1200. The lowest BCUT2D eigenvalue weighted by Crippen LogP contribution is -2.37. The monoisotopic (exact) mass is 462 g/mol. The second-order valence-electron chi connectivity index (χ2n) is 9.22. The molecule has 178 valence electrons. The standard InChI is InChI=1S/C28H30O6/c1-18-15-22(16-24(26(29)30)25(18)32-3)34-21-11-13-28(2,14-12-21)27(31)33-17-20-9-6-8-19-7-4-5-10-23(19)20/h4-10,15-16,21H,11-14,17H2,1-3H3,(H,29,30)/t21-,28+. The average Bonchev–Trinajstić information content (AvgIpc) is 2.83. The van der Waals surface area contributed by atoms with E-state index in [0.29, 0.717) is 42.7 Å². The minimum absolute atomic E-state index is 0.0789. The number of rotatable bonds is 7. The van der Waals surface area contributed by atoms with E-state index >= 15 is 0 Å². The van der Waals surface area contributed by atoms with E-state index in [1.54, 1.807) is 13.0 Å². The summed E-state index contributed by atoms with van der Waals surface area (Å²) in [4.78, 5) is 24.6. The Balaban J connectivity index is 1.37. The van der Waals surface area contributed by atoms with Crippen molar-refractivity contribution in [3.8, 4) is 11.5 Å². The molecule has 1 fully saturated rings. The lowest BCUT2D eigenvalue weighted by molar-refractivity contribution is -0.159. The van der Waals surface area contributed by atoms with Gasteiger partial charge in [0.15, 0.2) is 0 Å². The molecule has 0 unspecified atom stereocenters. The minimum atomic E-state index is -1.06. The first-order valence-electron chi connectivity index (χ1n) is 11.5. The highest BCUT2D eigenvalue weighted by Gasteiger charge is 2.39. The third-order valence-electron chi connectivity index (χ3n) is 6.75. The van der Waals surface area contributed by atoms with Crippen molar-refractivity contribution in [2.45, 2.75) is 52.2 Å². The molecule has 0 spiro atoms. The lowest BCUT2D eigenvalue weighted by Gasteiger charge is -2.35. The second kappa shape index (κ2) is 9.75. The molecule has 6 heteroatoms. The summed E-state index contributed by atoms with van der Waals surface area (Å²) >= 11 is 0.